The standard InChI is InChI=1S/C15H29N/c1-7-8-9-10-14(16-6)11-13(2)12-15(3,4)5/h13-14,16H,9-12H2,1-6H3. The van der Waals surface area contributed by atoms with Gasteiger partial charge in [0.1, 0.15) is 0 Å². The van der Waals surface area contributed by atoms with Gasteiger partial charge in [-0.15, -0.1) is 11.8 Å². The molecule has 16 heavy (non-hydrogen) atoms. The third-order valence-electron chi connectivity index (χ3n) is 2.85. The zero-order chi connectivity index (χ0) is 12.6. The van der Waals surface area contributed by atoms with E-state index in [1.807, 2.05) is 6.92 Å². The third-order valence-corrected chi connectivity index (χ3v) is 2.85. The van der Waals surface area contributed by atoms with E-state index in [9.17, 15) is 0 Å². The molecule has 0 bridgehead atoms. The fraction of sp³-hybridized carbons (Fsp3) is 0.867. The lowest BCUT2D eigenvalue weighted by atomic mass is 9.82. The van der Waals surface area contributed by atoms with Crippen LogP contribution in [0.3, 0.4) is 0 Å². The Morgan fingerprint density at radius 1 is 1.25 bits per heavy atom. The van der Waals surface area contributed by atoms with Crippen molar-refractivity contribution in [2.75, 3.05) is 7.05 Å². The van der Waals surface area contributed by atoms with Crippen LogP contribution >= 0.6 is 0 Å². The molecule has 0 aliphatic rings. The first-order valence-corrected chi connectivity index (χ1v) is 6.46. The average Bonchev–Trinajstić information content (AvgIpc) is 2.13. The molecule has 0 aliphatic heterocycles. The van der Waals surface area contributed by atoms with Gasteiger partial charge in [-0.05, 0) is 44.6 Å². The predicted octanol–water partition coefficient (Wildman–Crippen LogP) is 3.84. The van der Waals surface area contributed by atoms with Crippen LogP contribution in [-0.4, -0.2) is 13.1 Å². The fourth-order valence-corrected chi connectivity index (χ4v) is 2.37. The normalized spacial score (nSPS) is 15.1. The quantitative estimate of drug-likeness (QED) is 0.675. The molecule has 0 heterocycles. The Balaban J connectivity index is 3.95. The summed E-state index contributed by atoms with van der Waals surface area (Å²) in [6, 6.07) is 0.623. The van der Waals surface area contributed by atoms with E-state index in [0.29, 0.717) is 11.5 Å². The molecule has 0 aliphatic carbocycles. The largest absolute Gasteiger partial charge is 0.317 e. The SMILES string of the molecule is CC#CCCC(CC(C)CC(C)(C)C)NC. The summed E-state index contributed by atoms with van der Waals surface area (Å²) in [5, 5.41) is 3.41. The van der Waals surface area contributed by atoms with Gasteiger partial charge >= 0.3 is 0 Å². The molecular weight excluding hydrogens is 194 g/mol. The van der Waals surface area contributed by atoms with E-state index >= 15 is 0 Å². The van der Waals surface area contributed by atoms with Crippen LogP contribution in [0.5, 0.6) is 0 Å². The van der Waals surface area contributed by atoms with Crippen LogP contribution in [0.2, 0.25) is 0 Å². The van der Waals surface area contributed by atoms with Crippen LogP contribution in [0, 0.1) is 23.2 Å². The number of nitrogens with one attached hydrogen (secondary N) is 1. The van der Waals surface area contributed by atoms with Crippen molar-refractivity contribution in [2.45, 2.75) is 66.3 Å². The molecule has 0 spiro atoms. The first-order chi connectivity index (χ1) is 7.39. The van der Waals surface area contributed by atoms with Crippen molar-refractivity contribution in [1.29, 1.82) is 0 Å². The van der Waals surface area contributed by atoms with E-state index in [-0.39, 0.29) is 0 Å². The molecule has 0 amide bonds. The van der Waals surface area contributed by atoms with Crippen LogP contribution < -0.4 is 5.32 Å². The highest BCUT2D eigenvalue weighted by Crippen LogP contribution is 2.27. The van der Waals surface area contributed by atoms with Crippen molar-refractivity contribution in [3.8, 4) is 11.8 Å². The second kappa shape index (κ2) is 7.74. The van der Waals surface area contributed by atoms with Crippen molar-refractivity contribution in [2.24, 2.45) is 11.3 Å². The molecule has 1 heteroatoms. The van der Waals surface area contributed by atoms with Crippen LogP contribution in [0.25, 0.3) is 0 Å². The van der Waals surface area contributed by atoms with Gasteiger partial charge in [0.25, 0.3) is 0 Å². The molecule has 0 saturated carbocycles. The van der Waals surface area contributed by atoms with E-state index in [2.05, 4.69) is 51.9 Å². The van der Waals surface area contributed by atoms with Gasteiger partial charge in [-0.2, -0.15) is 0 Å². The van der Waals surface area contributed by atoms with Gasteiger partial charge in [0.05, 0.1) is 0 Å². The molecule has 0 saturated heterocycles. The Kier molecular flexibility index (Phi) is 7.51. The van der Waals surface area contributed by atoms with E-state index in [4.69, 9.17) is 0 Å². The minimum absolute atomic E-state index is 0.445. The van der Waals surface area contributed by atoms with E-state index in [1.54, 1.807) is 0 Å². The van der Waals surface area contributed by atoms with Gasteiger partial charge in [0, 0.05) is 12.5 Å². The van der Waals surface area contributed by atoms with Gasteiger partial charge in [-0.3, -0.25) is 0 Å². The summed E-state index contributed by atoms with van der Waals surface area (Å²) in [4.78, 5) is 0. The highest BCUT2D eigenvalue weighted by atomic mass is 14.9. The van der Waals surface area contributed by atoms with Gasteiger partial charge < -0.3 is 5.32 Å². The zero-order valence-corrected chi connectivity index (χ0v) is 12.0. The van der Waals surface area contributed by atoms with Crippen molar-refractivity contribution >= 4 is 0 Å². The zero-order valence-electron chi connectivity index (χ0n) is 12.0. The summed E-state index contributed by atoms with van der Waals surface area (Å²) in [7, 11) is 2.06. The first-order valence-electron chi connectivity index (χ1n) is 6.46. The van der Waals surface area contributed by atoms with Gasteiger partial charge in [-0.1, -0.05) is 27.7 Å². The van der Waals surface area contributed by atoms with Gasteiger partial charge in [0.2, 0.25) is 0 Å². The molecule has 1 N–H and O–H groups in total. The molecule has 0 aromatic heterocycles. The van der Waals surface area contributed by atoms with Crippen LogP contribution in [0.4, 0.5) is 0 Å². The van der Waals surface area contributed by atoms with Crippen molar-refractivity contribution < 1.29 is 0 Å². The molecule has 0 rings (SSSR count). The number of hydrogen-bond acceptors (Lipinski definition) is 1. The summed E-state index contributed by atoms with van der Waals surface area (Å²) in [6.07, 6.45) is 4.75. The molecule has 0 radical (unpaired) electrons. The number of rotatable bonds is 6. The third kappa shape index (κ3) is 8.80. The monoisotopic (exact) mass is 223 g/mol. The van der Waals surface area contributed by atoms with Crippen molar-refractivity contribution in [1.82, 2.24) is 5.32 Å². The lowest BCUT2D eigenvalue weighted by Gasteiger charge is -2.26. The van der Waals surface area contributed by atoms with E-state index < -0.39 is 0 Å². The Bertz CT molecular complexity index is 226. The Hall–Kier alpha value is -0.480. The average molecular weight is 223 g/mol. The molecule has 0 fully saturated rings. The predicted molar refractivity (Wildman–Crippen MR) is 73.4 cm³/mol. The fourth-order valence-electron chi connectivity index (χ4n) is 2.37. The first kappa shape index (κ1) is 15.5. The summed E-state index contributed by atoms with van der Waals surface area (Å²) in [5.41, 5.74) is 0.445. The minimum Gasteiger partial charge on any atom is -0.317 e. The number of hydrogen-bond donors (Lipinski definition) is 1. The Morgan fingerprint density at radius 2 is 1.88 bits per heavy atom. The van der Waals surface area contributed by atoms with Gasteiger partial charge in [-0.25, -0.2) is 0 Å². The molecule has 94 valence electrons. The van der Waals surface area contributed by atoms with Crippen LogP contribution in [0.1, 0.15) is 60.3 Å². The molecule has 0 aromatic carbocycles. The second-order valence-corrected chi connectivity index (χ2v) is 6.06. The molecule has 2 atom stereocenters. The molecule has 0 aromatic rings. The Morgan fingerprint density at radius 3 is 2.31 bits per heavy atom. The maximum atomic E-state index is 3.41. The maximum Gasteiger partial charge on any atom is 0.0103 e. The van der Waals surface area contributed by atoms with E-state index in [0.717, 1.165) is 12.3 Å². The topological polar surface area (TPSA) is 12.0 Å². The molecule has 1 nitrogen and oxygen atoms in total. The Labute approximate surface area is 102 Å². The highest BCUT2D eigenvalue weighted by Gasteiger charge is 2.18. The summed E-state index contributed by atoms with van der Waals surface area (Å²) < 4.78 is 0. The summed E-state index contributed by atoms with van der Waals surface area (Å²) in [5.74, 6) is 6.89. The highest BCUT2D eigenvalue weighted by molar-refractivity contribution is 4.95. The van der Waals surface area contributed by atoms with Gasteiger partial charge in [0.15, 0.2) is 0 Å². The maximum absolute atomic E-state index is 3.41. The molecular formula is C15H29N. The second-order valence-electron chi connectivity index (χ2n) is 6.06. The van der Waals surface area contributed by atoms with Crippen molar-refractivity contribution in [3.05, 3.63) is 0 Å². The minimum atomic E-state index is 0.445. The summed E-state index contributed by atoms with van der Waals surface area (Å²) >= 11 is 0. The molecule has 2 unspecified atom stereocenters. The van der Waals surface area contributed by atoms with Crippen LogP contribution in [0.15, 0.2) is 0 Å². The lowest BCUT2D eigenvalue weighted by Crippen LogP contribution is -2.28. The van der Waals surface area contributed by atoms with Crippen LogP contribution in [-0.2, 0) is 0 Å². The summed E-state index contributed by atoms with van der Waals surface area (Å²) in [6.45, 7) is 11.2. The lowest BCUT2D eigenvalue weighted by molar-refractivity contribution is 0.275. The van der Waals surface area contributed by atoms with E-state index in [1.165, 1.54) is 19.3 Å². The smallest absolute Gasteiger partial charge is 0.0103 e. The van der Waals surface area contributed by atoms with Crippen molar-refractivity contribution in [3.63, 3.8) is 0 Å².